The van der Waals surface area contributed by atoms with Crippen molar-refractivity contribution in [1.29, 1.82) is 0 Å². The fraction of sp³-hybridized carbons (Fsp3) is 0.667. The van der Waals surface area contributed by atoms with Crippen LogP contribution in [-0.2, 0) is 25.6 Å². The van der Waals surface area contributed by atoms with Gasteiger partial charge in [0.25, 0.3) is 0 Å². The summed E-state index contributed by atoms with van der Waals surface area (Å²) in [5, 5.41) is 11.7. The maximum Gasteiger partial charge on any atom is 0.317 e. The topological polar surface area (TPSA) is 65.0 Å². The Balaban J connectivity index is 1.82. The lowest BCUT2D eigenvalue weighted by atomic mass is 9.60. The second kappa shape index (κ2) is 8.51. The molecule has 1 saturated carbocycles. The van der Waals surface area contributed by atoms with Gasteiger partial charge in [-0.05, 0) is 38.2 Å². The Hall–Kier alpha value is -1.43. The fourth-order valence-electron chi connectivity index (χ4n) is 4.42. The molecule has 0 spiro atoms. The van der Waals surface area contributed by atoms with E-state index in [0.717, 1.165) is 31.2 Å². The number of hydrogen-bond donors (Lipinski definition) is 1. The summed E-state index contributed by atoms with van der Waals surface area (Å²) in [6, 6.07) is 9.86. The van der Waals surface area contributed by atoms with Gasteiger partial charge in [0.2, 0.25) is 0 Å². The molecular formula is C21H30O5. The van der Waals surface area contributed by atoms with Gasteiger partial charge in [-0.15, -0.1) is 0 Å². The van der Waals surface area contributed by atoms with Crippen LogP contribution < -0.4 is 0 Å². The molecule has 1 aliphatic heterocycles. The first kappa shape index (κ1) is 19.3. The molecule has 0 radical (unpaired) electrons. The van der Waals surface area contributed by atoms with Crippen LogP contribution in [0.5, 0.6) is 0 Å². The molecular weight excluding hydrogens is 332 g/mol. The highest BCUT2D eigenvalue weighted by molar-refractivity contribution is 5.79. The van der Waals surface area contributed by atoms with Crippen molar-refractivity contribution in [1.82, 2.24) is 0 Å². The lowest BCUT2D eigenvalue weighted by Crippen LogP contribution is -2.63. The van der Waals surface area contributed by atoms with Crippen LogP contribution in [0.1, 0.15) is 51.0 Å². The van der Waals surface area contributed by atoms with E-state index in [1.165, 1.54) is 0 Å². The third kappa shape index (κ3) is 3.66. The number of ether oxygens (including phenoxy) is 3. The van der Waals surface area contributed by atoms with Gasteiger partial charge in [-0.3, -0.25) is 4.79 Å². The Bertz CT molecular complexity index is 583. The summed E-state index contributed by atoms with van der Waals surface area (Å²) in [4.78, 5) is 13.0. The van der Waals surface area contributed by atoms with Crippen molar-refractivity contribution < 1.29 is 24.1 Å². The molecule has 144 valence electrons. The first-order valence-electron chi connectivity index (χ1n) is 9.75. The quantitative estimate of drug-likeness (QED) is 0.755. The van der Waals surface area contributed by atoms with Crippen LogP contribution in [0.15, 0.2) is 30.3 Å². The minimum absolute atomic E-state index is 0.150. The number of aliphatic hydroxyl groups is 1. The van der Waals surface area contributed by atoms with E-state index in [-0.39, 0.29) is 18.7 Å². The van der Waals surface area contributed by atoms with Crippen LogP contribution in [0.25, 0.3) is 0 Å². The second-order valence-electron chi connectivity index (χ2n) is 7.41. The highest BCUT2D eigenvalue weighted by Crippen LogP contribution is 2.50. The molecule has 3 rings (SSSR count). The molecule has 1 saturated heterocycles. The number of carbonyl (C=O) groups is 1. The molecule has 3 unspecified atom stereocenters. The standard InChI is InChI=1S/C21H30O5/c1-2-25-19(22)20(16-24-15-17-9-4-3-5-10-17)12-6-7-13-21(20,23)18-11-8-14-26-18/h3-5,9-10,18,23H,2,6-8,11-16H2,1H3. The summed E-state index contributed by atoms with van der Waals surface area (Å²) in [6.45, 7) is 3.28. The van der Waals surface area contributed by atoms with E-state index >= 15 is 0 Å². The molecule has 0 bridgehead atoms. The zero-order chi connectivity index (χ0) is 18.5. The van der Waals surface area contributed by atoms with E-state index in [9.17, 15) is 9.90 Å². The van der Waals surface area contributed by atoms with Crippen molar-refractivity contribution in [2.45, 2.75) is 63.8 Å². The zero-order valence-electron chi connectivity index (χ0n) is 15.6. The molecule has 0 amide bonds. The fourth-order valence-corrected chi connectivity index (χ4v) is 4.42. The zero-order valence-corrected chi connectivity index (χ0v) is 15.6. The maximum absolute atomic E-state index is 13.0. The number of benzene rings is 1. The molecule has 5 nitrogen and oxygen atoms in total. The van der Waals surface area contributed by atoms with E-state index in [1.54, 1.807) is 6.92 Å². The summed E-state index contributed by atoms with van der Waals surface area (Å²) in [7, 11) is 0. The van der Waals surface area contributed by atoms with Crippen molar-refractivity contribution in [3.63, 3.8) is 0 Å². The predicted molar refractivity (Wildman–Crippen MR) is 97.6 cm³/mol. The molecule has 1 aromatic carbocycles. The van der Waals surface area contributed by atoms with Crippen LogP contribution in [-0.4, -0.2) is 42.6 Å². The summed E-state index contributed by atoms with van der Waals surface area (Å²) in [6.07, 6.45) is 4.24. The molecule has 1 N–H and O–H groups in total. The van der Waals surface area contributed by atoms with Crippen LogP contribution >= 0.6 is 0 Å². The van der Waals surface area contributed by atoms with Crippen LogP contribution in [0.3, 0.4) is 0 Å². The third-order valence-corrected chi connectivity index (χ3v) is 5.83. The average Bonchev–Trinajstić information content (AvgIpc) is 3.20. The monoisotopic (exact) mass is 362 g/mol. The average molecular weight is 362 g/mol. The Morgan fingerprint density at radius 1 is 1.23 bits per heavy atom. The van der Waals surface area contributed by atoms with Crippen molar-refractivity contribution >= 4 is 5.97 Å². The minimum atomic E-state index is -1.23. The largest absolute Gasteiger partial charge is 0.465 e. The van der Waals surface area contributed by atoms with Gasteiger partial charge in [-0.1, -0.05) is 43.2 Å². The smallest absolute Gasteiger partial charge is 0.317 e. The van der Waals surface area contributed by atoms with E-state index < -0.39 is 11.0 Å². The van der Waals surface area contributed by atoms with Crippen LogP contribution in [0.2, 0.25) is 0 Å². The highest BCUT2D eigenvalue weighted by atomic mass is 16.5. The number of carbonyl (C=O) groups excluding carboxylic acids is 1. The molecule has 2 fully saturated rings. The van der Waals surface area contributed by atoms with Gasteiger partial charge in [-0.25, -0.2) is 0 Å². The van der Waals surface area contributed by atoms with E-state index in [0.29, 0.717) is 32.7 Å². The highest BCUT2D eigenvalue weighted by Gasteiger charge is 2.62. The van der Waals surface area contributed by atoms with Crippen molar-refractivity contribution in [3.05, 3.63) is 35.9 Å². The lowest BCUT2D eigenvalue weighted by molar-refractivity contribution is -0.221. The van der Waals surface area contributed by atoms with Crippen molar-refractivity contribution in [2.75, 3.05) is 19.8 Å². The molecule has 1 aromatic rings. The first-order valence-corrected chi connectivity index (χ1v) is 9.75. The van der Waals surface area contributed by atoms with Crippen LogP contribution in [0, 0.1) is 5.41 Å². The Labute approximate surface area is 155 Å². The Kier molecular flexibility index (Phi) is 6.33. The summed E-state index contributed by atoms with van der Waals surface area (Å²) in [5.41, 5.74) is -1.25. The van der Waals surface area contributed by atoms with Gasteiger partial charge in [0.05, 0.1) is 25.9 Å². The molecule has 0 aromatic heterocycles. The van der Waals surface area contributed by atoms with Gasteiger partial charge in [0, 0.05) is 6.61 Å². The second-order valence-corrected chi connectivity index (χ2v) is 7.41. The Morgan fingerprint density at radius 3 is 2.69 bits per heavy atom. The van der Waals surface area contributed by atoms with Gasteiger partial charge in [-0.2, -0.15) is 0 Å². The van der Waals surface area contributed by atoms with Gasteiger partial charge in [0.15, 0.2) is 0 Å². The van der Waals surface area contributed by atoms with Crippen molar-refractivity contribution in [3.8, 4) is 0 Å². The first-order chi connectivity index (χ1) is 12.6. The number of rotatable bonds is 7. The minimum Gasteiger partial charge on any atom is -0.465 e. The molecule has 2 aliphatic rings. The maximum atomic E-state index is 13.0. The summed E-state index contributed by atoms with van der Waals surface area (Å²) >= 11 is 0. The van der Waals surface area contributed by atoms with Crippen molar-refractivity contribution in [2.24, 2.45) is 5.41 Å². The van der Waals surface area contributed by atoms with E-state index in [1.807, 2.05) is 30.3 Å². The summed E-state index contributed by atoms with van der Waals surface area (Å²) < 4.78 is 17.2. The SMILES string of the molecule is CCOC(=O)C1(COCc2ccccc2)CCCCC1(O)C1CCCO1. The lowest BCUT2D eigenvalue weighted by Gasteiger charge is -2.50. The molecule has 5 heteroatoms. The van der Waals surface area contributed by atoms with Gasteiger partial charge in [0.1, 0.15) is 11.0 Å². The third-order valence-electron chi connectivity index (χ3n) is 5.83. The Morgan fingerprint density at radius 2 is 2.00 bits per heavy atom. The molecule has 1 heterocycles. The predicted octanol–water partition coefficient (Wildman–Crippen LogP) is 3.24. The van der Waals surface area contributed by atoms with E-state index in [2.05, 4.69) is 0 Å². The molecule has 3 atom stereocenters. The summed E-state index contributed by atoms with van der Waals surface area (Å²) in [5.74, 6) is -0.356. The van der Waals surface area contributed by atoms with Gasteiger partial charge >= 0.3 is 5.97 Å². The normalized spacial score (nSPS) is 31.7. The number of esters is 1. The van der Waals surface area contributed by atoms with E-state index in [4.69, 9.17) is 14.2 Å². The van der Waals surface area contributed by atoms with Crippen LogP contribution in [0.4, 0.5) is 0 Å². The number of hydrogen-bond acceptors (Lipinski definition) is 5. The van der Waals surface area contributed by atoms with Gasteiger partial charge < -0.3 is 19.3 Å². The molecule has 1 aliphatic carbocycles. The molecule has 26 heavy (non-hydrogen) atoms.